The number of hydrogen-bond donors (Lipinski definition) is 2. The fourth-order valence-corrected chi connectivity index (χ4v) is 1.98. The zero-order valence-corrected chi connectivity index (χ0v) is 11.1. The number of benzene rings is 2. The molecule has 2 aromatic rings. The lowest BCUT2D eigenvalue weighted by Crippen LogP contribution is -2.18. The van der Waals surface area contributed by atoms with Crippen LogP contribution in [0.3, 0.4) is 0 Å². The average Bonchev–Trinajstić information content (AvgIpc) is 2.45. The molecule has 4 heteroatoms. The molecular weight excluding hydrogens is 257 g/mol. The second kappa shape index (κ2) is 6.30. The smallest absolute Gasteiger partial charge is 0.335 e. The minimum Gasteiger partial charge on any atom is -0.478 e. The molecule has 0 radical (unpaired) electrons. The first-order chi connectivity index (χ1) is 9.56. The van der Waals surface area contributed by atoms with E-state index in [1.165, 1.54) is 12.1 Å². The predicted molar refractivity (Wildman–Crippen MR) is 75.1 cm³/mol. The van der Waals surface area contributed by atoms with E-state index in [4.69, 9.17) is 5.11 Å². The van der Waals surface area contributed by atoms with Crippen LogP contribution < -0.4 is 5.32 Å². The first-order valence-electron chi connectivity index (χ1n) is 6.37. The zero-order chi connectivity index (χ0) is 14.5. The molecule has 104 valence electrons. The molecule has 0 amide bonds. The van der Waals surface area contributed by atoms with E-state index in [1.807, 2.05) is 19.1 Å². The maximum Gasteiger partial charge on any atom is 0.335 e. The van der Waals surface area contributed by atoms with Gasteiger partial charge in [0.05, 0.1) is 5.56 Å². The number of carbonyl (C=O) groups is 1. The number of nitrogens with one attached hydrogen (secondary N) is 1. The molecule has 0 saturated heterocycles. The Kier molecular flexibility index (Phi) is 4.48. The Balaban J connectivity index is 2.01. The van der Waals surface area contributed by atoms with Crippen molar-refractivity contribution in [1.82, 2.24) is 5.32 Å². The summed E-state index contributed by atoms with van der Waals surface area (Å²) in [6, 6.07) is 13.2. The van der Waals surface area contributed by atoms with Gasteiger partial charge in [0.2, 0.25) is 0 Å². The van der Waals surface area contributed by atoms with Gasteiger partial charge in [-0.25, -0.2) is 9.18 Å². The van der Waals surface area contributed by atoms with Crippen molar-refractivity contribution in [2.24, 2.45) is 0 Å². The summed E-state index contributed by atoms with van der Waals surface area (Å²) in [4.78, 5) is 10.9. The largest absolute Gasteiger partial charge is 0.478 e. The fraction of sp³-hybridized carbons (Fsp3) is 0.188. The highest BCUT2D eigenvalue weighted by molar-refractivity contribution is 5.87. The van der Waals surface area contributed by atoms with Gasteiger partial charge in [0.1, 0.15) is 5.82 Å². The molecule has 0 aromatic heterocycles. The number of hydrogen-bond acceptors (Lipinski definition) is 2. The monoisotopic (exact) mass is 273 g/mol. The third-order valence-corrected chi connectivity index (χ3v) is 3.13. The van der Waals surface area contributed by atoms with Crippen LogP contribution in [-0.2, 0) is 6.54 Å². The Morgan fingerprint density at radius 2 is 2.00 bits per heavy atom. The van der Waals surface area contributed by atoms with Gasteiger partial charge in [-0.2, -0.15) is 0 Å². The summed E-state index contributed by atoms with van der Waals surface area (Å²) in [5.41, 5.74) is 2.01. The van der Waals surface area contributed by atoms with Crippen LogP contribution in [0.5, 0.6) is 0 Å². The molecule has 0 aliphatic carbocycles. The van der Waals surface area contributed by atoms with Crippen molar-refractivity contribution in [2.45, 2.75) is 19.5 Å². The van der Waals surface area contributed by atoms with Crippen LogP contribution in [0.1, 0.15) is 34.5 Å². The maximum atomic E-state index is 13.1. The van der Waals surface area contributed by atoms with Gasteiger partial charge < -0.3 is 10.4 Å². The van der Waals surface area contributed by atoms with Gasteiger partial charge in [-0.15, -0.1) is 0 Å². The summed E-state index contributed by atoms with van der Waals surface area (Å²) < 4.78 is 13.1. The highest BCUT2D eigenvalue weighted by Gasteiger charge is 2.07. The van der Waals surface area contributed by atoms with E-state index in [0.29, 0.717) is 6.54 Å². The van der Waals surface area contributed by atoms with Crippen molar-refractivity contribution >= 4 is 5.97 Å². The van der Waals surface area contributed by atoms with Gasteiger partial charge in [-0.3, -0.25) is 0 Å². The number of aromatic carboxylic acids is 1. The highest BCUT2D eigenvalue weighted by atomic mass is 19.1. The lowest BCUT2D eigenvalue weighted by molar-refractivity contribution is 0.0696. The van der Waals surface area contributed by atoms with Crippen LogP contribution in [-0.4, -0.2) is 11.1 Å². The minimum atomic E-state index is -0.940. The van der Waals surface area contributed by atoms with Gasteiger partial charge in [0.25, 0.3) is 0 Å². The summed E-state index contributed by atoms with van der Waals surface area (Å²) in [5, 5.41) is 12.2. The SMILES string of the molecule is C[C@H](NCc1cccc(C(=O)O)c1)c1cccc(F)c1. The highest BCUT2D eigenvalue weighted by Crippen LogP contribution is 2.14. The third kappa shape index (κ3) is 3.65. The van der Waals surface area contributed by atoms with E-state index in [1.54, 1.807) is 24.3 Å². The molecule has 0 fully saturated rings. The Hall–Kier alpha value is -2.20. The van der Waals surface area contributed by atoms with E-state index in [-0.39, 0.29) is 17.4 Å². The Labute approximate surface area is 117 Å². The zero-order valence-electron chi connectivity index (χ0n) is 11.1. The molecule has 0 aliphatic rings. The Morgan fingerprint density at radius 3 is 2.70 bits per heavy atom. The molecule has 0 saturated carbocycles. The molecule has 2 rings (SSSR count). The topological polar surface area (TPSA) is 49.3 Å². The first kappa shape index (κ1) is 14.2. The summed E-state index contributed by atoms with van der Waals surface area (Å²) in [6.45, 7) is 2.47. The van der Waals surface area contributed by atoms with Gasteiger partial charge in [0, 0.05) is 12.6 Å². The lowest BCUT2D eigenvalue weighted by atomic mass is 10.1. The lowest BCUT2D eigenvalue weighted by Gasteiger charge is -2.14. The second-order valence-electron chi connectivity index (χ2n) is 4.66. The van der Waals surface area contributed by atoms with Crippen molar-refractivity contribution in [3.63, 3.8) is 0 Å². The molecule has 0 heterocycles. The molecule has 0 bridgehead atoms. The first-order valence-corrected chi connectivity index (χ1v) is 6.37. The summed E-state index contributed by atoms with van der Waals surface area (Å²) in [6.07, 6.45) is 0. The molecule has 3 nitrogen and oxygen atoms in total. The van der Waals surface area contributed by atoms with Crippen molar-refractivity contribution in [3.05, 3.63) is 71.0 Å². The normalized spacial score (nSPS) is 12.1. The maximum absolute atomic E-state index is 13.1. The molecule has 0 unspecified atom stereocenters. The second-order valence-corrected chi connectivity index (χ2v) is 4.66. The Morgan fingerprint density at radius 1 is 1.25 bits per heavy atom. The van der Waals surface area contributed by atoms with E-state index in [0.717, 1.165) is 11.1 Å². The van der Waals surface area contributed by atoms with Crippen molar-refractivity contribution < 1.29 is 14.3 Å². The van der Waals surface area contributed by atoms with Crippen molar-refractivity contribution in [3.8, 4) is 0 Å². The third-order valence-electron chi connectivity index (χ3n) is 3.13. The van der Waals surface area contributed by atoms with Crippen LogP contribution in [0.2, 0.25) is 0 Å². The van der Waals surface area contributed by atoms with Crippen LogP contribution in [0, 0.1) is 5.82 Å². The number of halogens is 1. The van der Waals surface area contributed by atoms with Gasteiger partial charge in [-0.1, -0.05) is 24.3 Å². The van der Waals surface area contributed by atoms with Crippen LogP contribution in [0.15, 0.2) is 48.5 Å². The number of rotatable bonds is 5. The van der Waals surface area contributed by atoms with Crippen molar-refractivity contribution in [2.75, 3.05) is 0 Å². The van der Waals surface area contributed by atoms with Gasteiger partial charge >= 0.3 is 5.97 Å². The molecule has 2 aromatic carbocycles. The van der Waals surface area contributed by atoms with Crippen LogP contribution >= 0.6 is 0 Å². The van der Waals surface area contributed by atoms with Gasteiger partial charge in [0.15, 0.2) is 0 Å². The average molecular weight is 273 g/mol. The molecule has 20 heavy (non-hydrogen) atoms. The molecular formula is C16H16FNO2. The molecule has 0 aliphatic heterocycles. The van der Waals surface area contributed by atoms with E-state index in [9.17, 15) is 9.18 Å². The fourth-order valence-electron chi connectivity index (χ4n) is 1.98. The van der Waals surface area contributed by atoms with E-state index in [2.05, 4.69) is 5.32 Å². The van der Waals surface area contributed by atoms with E-state index >= 15 is 0 Å². The number of carboxylic acids is 1. The summed E-state index contributed by atoms with van der Waals surface area (Å²) >= 11 is 0. The van der Waals surface area contributed by atoms with Crippen LogP contribution in [0.4, 0.5) is 4.39 Å². The van der Waals surface area contributed by atoms with Gasteiger partial charge in [-0.05, 0) is 42.3 Å². The van der Waals surface area contributed by atoms with E-state index < -0.39 is 5.97 Å². The summed E-state index contributed by atoms with van der Waals surface area (Å²) in [7, 11) is 0. The quantitative estimate of drug-likeness (QED) is 0.878. The minimum absolute atomic E-state index is 0.0146. The molecule has 1 atom stereocenters. The molecule has 2 N–H and O–H groups in total. The predicted octanol–water partition coefficient (Wildman–Crippen LogP) is 3.37. The molecule has 0 spiro atoms. The standard InChI is InChI=1S/C16H16FNO2/c1-11(13-5-3-7-15(17)9-13)18-10-12-4-2-6-14(8-12)16(19)20/h2-9,11,18H,10H2,1H3,(H,19,20)/t11-/m0/s1. The van der Waals surface area contributed by atoms with Crippen LogP contribution in [0.25, 0.3) is 0 Å². The van der Waals surface area contributed by atoms with Crippen molar-refractivity contribution in [1.29, 1.82) is 0 Å². The summed E-state index contributed by atoms with van der Waals surface area (Å²) in [5.74, 6) is -1.20. The number of carboxylic acid groups (broad SMARTS) is 1. The Bertz CT molecular complexity index is 613.